The van der Waals surface area contributed by atoms with Crippen LogP contribution in [0.3, 0.4) is 0 Å². The molecular weight excluding hydrogens is 394 g/mol. The third kappa shape index (κ3) is 6.60. The van der Waals surface area contributed by atoms with Gasteiger partial charge in [0.2, 0.25) is 5.95 Å². The Kier molecular flexibility index (Phi) is 8.51. The number of rotatable bonds is 12. The van der Waals surface area contributed by atoms with Crippen molar-refractivity contribution in [1.82, 2.24) is 9.55 Å². The van der Waals surface area contributed by atoms with E-state index < -0.39 is 0 Å². The predicted molar refractivity (Wildman–Crippen MR) is 122 cm³/mol. The van der Waals surface area contributed by atoms with E-state index in [9.17, 15) is 9.59 Å². The molecule has 164 valence electrons. The van der Waals surface area contributed by atoms with Crippen molar-refractivity contribution in [3.8, 4) is 0 Å². The van der Waals surface area contributed by atoms with E-state index >= 15 is 0 Å². The van der Waals surface area contributed by atoms with Crippen molar-refractivity contribution in [2.45, 2.75) is 65.0 Å². The van der Waals surface area contributed by atoms with Crippen LogP contribution in [0.2, 0.25) is 0 Å². The molecule has 1 aromatic heterocycles. The van der Waals surface area contributed by atoms with Crippen LogP contribution in [0.1, 0.15) is 56.6 Å². The van der Waals surface area contributed by atoms with E-state index in [1.807, 2.05) is 34.9 Å². The van der Waals surface area contributed by atoms with Crippen LogP contribution in [0.15, 0.2) is 45.2 Å². The van der Waals surface area contributed by atoms with Crippen LogP contribution in [0.4, 0.5) is 11.8 Å². The number of carbonyl (C=O) groups excluding carboxylic acids is 1. The van der Waals surface area contributed by atoms with Gasteiger partial charge in [0.1, 0.15) is 12.4 Å². The van der Waals surface area contributed by atoms with E-state index in [-0.39, 0.29) is 18.1 Å². The minimum Gasteiger partial charge on any atom is -0.461 e. The zero-order chi connectivity index (χ0) is 21.9. The molecule has 0 saturated heterocycles. The van der Waals surface area contributed by atoms with Gasteiger partial charge >= 0.3 is 5.97 Å². The van der Waals surface area contributed by atoms with Crippen molar-refractivity contribution in [2.24, 2.45) is 10.1 Å². The van der Waals surface area contributed by atoms with Gasteiger partial charge in [0, 0.05) is 31.8 Å². The van der Waals surface area contributed by atoms with Gasteiger partial charge in [0.15, 0.2) is 0 Å². The molecule has 1 aliphatic heterocycles. The lowest BCUT2D eigenvalue weighted by atomic mass is 10.2. The first-order chi connectivity index (χ1) is 15.2. The molecule has 0 unspecified atom stereocenters. The maximum Gasteiger partial charge on any atom is 0.306 e. The molecule has 1 N–H and O–H groups in total. The van der Waals surface area contributed by atoms with Gasteiger partial charge in [0.05, 0.1) is 5.56 Å². The Labute approximate surface area is 182 Å². The quantitative estimate of drug-likeness (QED) is 0.241. The number of nitrogens with zero attached hydrogens (tertiary/aromatic N) is 4. The van der Waals surface area contributed by atoms with Gasteiger partial charge in [-0.2, -0.15) is 10.1 Å². The van der Waals surface area contributed by atoms with Crippen LogP contribution in [0.5, 0.6) is 0 Å². The molecule has 0 bridgehead atoms. The number of benzene rings is 1. The number of aromatic nitrogens is 2. The first-order valence-corrected chi connectivity index (χ1v) is 10.8. The lowest BCUT2D eigenvalue weighted by molar-refractivity contribution is -0.145. The molecule has 0 spiro atoms. The second-order valence-corrected chi connectivity index (χ2v) is 7.38. The van der Waals surface area contributed by atoms with Gasteiger partial charge in [-0.25, -0.2) is 10.4 Å². The largest absolute Gasteiger partial charge is 0.461 e. The Balaban J connectivity index is 1.47. The second-order valence-electron chi connectivity index (χ2n) is 7.38. The SMILES string of the molecule is CCCCCn1c(N/N=C/CCCC(=O)OCc2ccccc2)nc(=O)c2c1N=CC2. The molecule has 0 amide bonds. The van der Waals surface area contributed by atoms with Crippen molar-refractivity contribution in [1.29, 1.82) is 0 Å². The lowest BCUT2D eigenvalue weighted by Gasteiger charge is -2.14. The maximum atomic E-state index is 12.2. The summed E-state index contributed by atoms with van der Waals surface area (Å²) in [6.07, 6.45) is 8.69. The van der Waals surface area contributed by atoms with Crippen molar-refractivity contribution in [2.75, 3.05) is 5.43 Å². The summed E-state index contributed by atoms with van der Waals surface area (Å²) < 4.78 is 7.19. The number of hydrogen-bond donors (Lipinski definition) is 1. The molecule has 1 aliphatic rings. The number of carbonyl (C=O) groups is 1. The van der Waals surface area contributed by atoms with Crippen LogP contribution >= 0.6 is 0 Å². The first-order valence-electron chi connectivity index (χ1n) is 10.8. The number of unbranched alkanes of at least 4 members (excludes halogenated alkanes) is 3. The fourth-order valence-electron chi connectivity index (χ4n) is 3.27. The third-order valence-electron chi connectivity index (χ3n) is 4.95. The molecule has 0 aliphatic carbocycles. The minimum atomic E-state index is -0.266. The van der Waals surface area contributed by atoms with E-state index in [0.717, 1.165) is 31.4 Å². The van der Waals surface area contributed by atoms with Gasteiger partial charge in [-0.3, -0.25) is 14.2 Å². The Morgan fingerprint density at radius 3 is 2.90 bits per heavy atom. The molecular formula is C23H29N5O3. The monoisotopic (exact) mass is 423 g/mol. The summed E-state index contributed by atoms with van der Waals surface area (Å²) >= 11 is 0. The molecule has 31 heavy (non-hydrogen) atoms. The number of nitrogens with one attached hydrogen (secondary N) is 1. The second kappa shape index (κ2) is 11.8. The molecule has 2 heterocycles. The first kappa shape index (κ1) is 22.4. The molecule has 1 aromatic carbocycles. The number of esters is 1. The topological polar surface area (TPSA) is 97.9 Å². The summed E-state index contributed by atoms with van der Waals surface area (Å²) in [4.78, 5) is 32.6. The van der Waals surface area contributed by atoms with Gasteiger partial charge in [0.25, 0.3) is 5.56 Å². The van der Waals surface area contributed by atoms with Crippen LogP contribution in [0.25, 0.3) is 0 Å². The highest BCUT2D eigenvalue weighted by molar-refractivity contribution is 5.74. The average molecular weight is 424 g/mol. The van der Waals surface area contributed by atoms with E-state index in [0.29, 0.717) is 43.0 Å². The Morgan fingerprint density at radius 2 is 2.10 bits per heavy atom. The fourth-order valence-corrected chi connectivity index (χ4v) is 3.27. The van der Waals surface area contributed by atoms with Gasteiger partial charge in [-0.05, 0) is 24.8 Å². The molecule has 0 saturated carbocycles. The van der Waals surface area contributed by atoms with E-state index in [4.69, 9.17) is 4.74 Å². The zero-order valence-corrected chi connectivity index (χ0v) is 17.9. The van der Waals surface area contributed by atoms with Crippen molar-refractivity contribution >= 4 is 30.2 Å². The summed E-state index contributed by atoms with van der Waals surface area (Å²) in [5.41, 5.74) is 4.22. The van der Waals surface area contributed by atoms with Crippen LogP contribution in [0, 0.1) is 0 Å². The van der Waals surface area contributed by atoms with E-state index in [1.165, 1.54) is 0 Å². The van der Waals surface area contributed by atoms with Gasteiger partial charge in [-0.1, -0.05) is 50.1 Å². The highest BCUT2D eigenvalue weighted by Gasteiger charge is 2.18. The smallest absolute Gasteiger partial charge is 0.306 e. The van der Waals surface area contributed by atoms with Crippen LogP contribution in [-0.4, -0.2) is 27.9 Å². The molecule has 0 radical (unpaired) electrons. The van der Waals surface area contributed by atoms with E-state index in [2.05, 4.69) is 27.4 Å². The lowest BCUT2D eigenvalue weighted by Crippen LogP contribution is -2.20. The summed E-state index contributed by atoms with van der Waals surface area (Å²) in [5.74, 6) is 0.848. The molecule has 0 fully saturated rings. The van der Waals surface area contributed by atoms with Crippen molar-refractivity contribution < 1.29 is 9.53 Å². The number of aliphatic imine (C=N–C) groups is 1. The Bertz CT molecular complexity index is 983. The Hall–Kier alpha value is -3.29. The maximum absolute atomic E-state index is 12.2. The number of hydrazone groups is 1. The zero-order valence-electron chi connectivity index (χ0n) is 17.9. The molecule has 0 atom stereocenters. The van der Waals surface area contributed by atoms with Gasteiger partial charge in [-0.15, -0.1) is 0 Å². The van der Waals surface area contributed by atoms with Gasteiger partial charge < -0.3 is 4.74 Å². The summed E-state index contributed by atoms with van der Waals surface area (Å²) in [6, 6.07) is 9.60. The normalized spacial score (nSPS) is 12.3. The number of anilines is 1. The van der Waals surface area contributed by atoms with E-state index in [1.54, 1.807) is 12.4 Å². The highest BCUT2D eigenvalue weighted by Crippen LogP contribution is 2.24. The fraction of sp³-hybridized carbons (Fsp3) is 0.435. The molecule has 3 rings (SSSR count). The van der Waals surface area contributed by atoms with Crippen molar-refractivity contribution in [3.05, 3.63) is 51.8 Å². The Morgan fingerprint density at radius 1 is 1.26 bits per heavy atom. The minimum absolute atomic E-state index is 0.229. The summed E-state index contributed by atoms with van der Waals surface area (Å²) in [7, 11) is 0. The van der Waals surface area contributed by atoms with Crippen LogP contribution in [-0.2, 0) is 29.1 Å². The van der Waals surface area contributed by atoms with Crippen molar-refractivity contribution in [3.63, 3.8) is 0 Å². The number of hydrogen-bond acceptors (Lipinski definition) is 7. The predicted octanol–water partition coefficient (Wildman–Crippen LogP) is 4.00. The number of ether oxygens (including phenoxy) is 1. The standard InChI is InChI=1S/C23H29N5O3/c1-2-3-9-16-28-21-19(13-15-24-21)22(30)26-23(28)27-25-14-8-7-12-20(29)31-17-18-10-5-4-6-11-18/h4-6,10-11,14-15H,2-3,7-9,12-13,16-17H2,1H3,(H,26,27,30)/b25-14+. The molecule has 8 heteroatoms. The average Bonchev–Trinajstić information content (AvgIpc) is 3.28. The third-order valence-corrected chi connectivity index (χ3v) is 4.95. The molecule has 8 nitrogen and oxygen atoms in total. The van der Waals surface area contributed by atoms with Crippen LogP contribution < -0.4 is 11.0 Å². The summed E-state index contributed by atoms with van der Waals surface area (Å²) in [6.45, 7) is 3.16. The summed E-state index contributed by atoms with van der Waals surface area (Å²) in [5, 5.41) is 4.19. The number of fused-ring (bicyclic) bond motifs is 1. The highest BCUT2D eigenvalue weighted by atomic mass is 16.5. The molecule has 2 aromatic rings.